The molecule has 0 radical (unpaired) electrons. The molecule has 0 fully saturated rings. The van der Waals surface area contributed by atoms with Crippen LogP contribution in [0.15, 0.2) is 34.6 Å². The molecule has 0 spiro atoms. The van der Waals surface area contributed by atoms with Crippen LogP contribution in [0, 0.1) is 24.0 Å². The predicted octanol–water partition coefficient (Wildman–Crippen LogP) is 2.85. The third-order valence-corrected chi connectivity index (χ3v) is 3.77. The fraction of sp³-hybridized carbons (Fsp3) is 0.154. The number of carbonyl (C=O) groups is 1. The molecule has 0 unspecified atom stereocenters. The van der Waals surface area contributed by atoms with Gasteiger partial charge in [-0.05, 0) is 37.2 Å². The maximum absolute atomic E-state index is 11.1. The molecule has 1 heterocycles. The van der Waals surface area contributed by atoms with Crippen LogP contribution in [0.2, 0.25) is 0 Å². The minimum Gasteiger partial charge on any atom is -0.478 e. The van der Waals surface area contributed by atoms with E-state index in [-0.39, 0.29) is 11.3 Å². The number of benzene rings is 1. The topological polar surface area (TPSA) is 106 Å². The van der Waals surface area contributed by atoms with E-state index in [1.165, 1.54) is 6.07 Å². The minimum absolute atomic E-state index is 0.137. The van der Waals surface area contributed by atoms with Gasteiger partial charge >= 0.3 is 5.97 Å². The van der Waals surface area contributed by atoms with Gasteiger partial charge in [-0.2, -0.15) is 0 Å². The average molecular weight is 305 g/mol. The lowest BCUT2D eigenvalue weighted by Gasteiger charge is -2.07. The molecule has 0 aliphatic carbocycles. The molecule has 2 aromatic rings. The van der Waals surface area contributed by atoms with E-state index in [1.807, 2.05) is 6.92 Å². The highest BCUT2D eigenvalue weighted by atomic mass is 32.2. The Balaban J connectivity index is 2.48. The van der Waals surface area contributed by atoms with E-state index in [1.54, 1.807) is 19.3 Å². The molecule has 1 N–H and O–H groups in total. The van der Waals surface area contributed by atoms with Crippen molar-refractivity contribution in [2.75, 3.05) is 0 Å². The number of nitro groups is 1. The van der Waals surface area contributed by atoms with Gasteiger partial charge in [0.1, 0.15) is 0 Å². The molecular weight excluding hydrogens is 294 g/mol. The summed E-state index contributed by atoms with van der Waals surface area (Å²) in [5.74, 6) is -1.22. The van der Waals surface area contributed by atoms with Gasteiger partial charge in [0.25, 0.3) is 5.69 Å². The lowest BCUT2D eigenvalue weighted by atomic mass is 10.1. The van der Waals surface area contributed by atoms with Crippen LogP contribution in [0.3, 0.4) is 0 Å². The van der Waals surface area contributed by atoms with E-state index in [2.05, 4.69) is 9.97 Å². The first kappa shape index (κ1) is 14.9. The van der Waals surface area contributed by atoms with Gasteiger partial charge in [0, 0.05) is 28.9 Å². The first-order valence-corrected chi connectivity index (χ1v) is 6.69. The molecule has 108 valence electrons. The quantitative estimate of drug-likeness (QED) is 0.525. The number of hydrogen-bond acceptors (Lipinski definition) is 6. The molecule has 0 saturated carbocycles. The van der Waals surface area contributed by atoms with Crippen molar-refractivity contribution in [3.8, 4) is 0 Å². The molecule has 21 heavy (non-hydrogen) atoms. The smallest absolute Gasteiger partial charge is 0.335 e. The van der Waals surface area contributed by atoms with Crippen molar-refractivity contribution >= 4 is 23.4 Å². The van der Waals surface area contributed by atoms with Crippen LogP contribution in [0.5, 0.6) is 0 Å². The van der Waals surface area contributed by atoms with Crippen molar-refractivity contribution in [3.05, 3.63) is 51.3 Å². The number of nitro benzene ring substituents is 1. The maximum atomic E-state index is 11.1. The molecule has 0 bridgehead atoms. The van der Waals surface area contributed by atoms with E-state index in [4.69, 9.17) is 5.11 Å². The van der Waals surface area contributed by atoms with Crippen LogP contribution in [0.25, 0.3) is 0 Å². The molecule has 0 aliphatic rings. The van der Waals surface area contributed by atoms with Gasteiger partial charge in [-0.25, -0.2) is 14.8 Å². The molecule has 7 nitrogen and oxygen atoms in total. The van der Waals surface area contributed by atoms with Crippen molar-refractivity contribution in [2.45, 2.75) is 23.9 Å². The summed E-state index contributed by atoms with van der Waals surface area (Å²) in [4.78, 5) is 30.1. The fourth-order valence-electron chi connectivity index (χ4n) is 1.62. The van der Waals surface area contributed by atoms with Crippen molar-refractivity contribution < 1.29 is 14.8 Å². The van der Waals surface area contributed by atoms with E-state index in [0.717, 1.165) is 23.4 Å². The van der Waals surface area contributed by atoms with Crippen molar-refractivity contribution in [1.82, 2.24) is 9.97 Å². The molecule has 0 aliphatic heterocycles. The van der Waals surface area contributed by atoms with Gasteiger partial charge in [0.15, 0.2) is 5.16 Å². The second-order valence-corrected chi connectivity index (χ2v) is 5.33. The minimum atomic E-state index is -1.22. The first-order chi connectivity index (χ1) is 9.88. The Hall–Kier alpha value is -2.48. The summed E-state index contributed by atoms with van der Waals surface area (Å²) >= 11 is 1.10. The van der Waals surface area contributed by atoms with Gasteiger partial charge in [0.05, 0.1) is 10.5 Å². The molecule has 8 heteroatoms. The van der Waals surface area contributed by atoms with Crippen LogP contribution in [0.4, 0.5) is 5.69 Å². The maximum Gasteiger partial charge on any atom is 0.335 e. The monoisotopic (exact) mass is 305 g/mol. The molecule has 1 aromatic heterocycles. The molecule has 0 saturated heterocycles. The number of aromatic carboxylic acids is 1. The zero-order chi connectivity index (χ0) is 15.6. The van der Waals surface area contributed by atoms with E-state index in [0.29, 0.717) is 15.6 Å². The van der Waals surface area contributed by atoms with Gasteiger partial charge in [-0.1, -0.05) is 0 Å². The van der Waals surface area contributed by atoms with E-state index < -0.39 is 10.9 Å². The molecular formula is C13H11N3O4S. The standard InChI is InChI=1S/C13H11N3O4S/c1-7-5-14-13(15-6-7)21-11-4-9(12(17)18)3-10(8(11)2)16(19)20/h3-6H,1-2H3,(H,17,18). The Bertz CT molecular complexity index is 716. The number of aryl methyl sites for hydroxylation is 1. The number of nitrogens with zero attached hydrogens (tertiary/aromatic N) is 3. The molecule has 0 atom stereocenters. The van der Waals surface area contributed by atoms with E-state index in [9.17, 15) is 14.9 Å². The van der Waals surface area contributed by atoms with Crippen LogP contribution in [-0.2, 0) is 0 Å². The van der Waals surface area contributed by atoms with Crippen molar-refractivity contribution in [3.63, 3.8) is 0 Å². The highest BCUT2D eigenvalue weighted by Crippen LogP contribution is 2.34. The highest BCUT2D eigenvalue weighted by Gasteiger charge is 2.20. The summed E-state index contributed by atoms with van der Waals surface area (Å²) in [6.45, 7) is 3.41. The first-order valence-electron chi connectivity index (χ1n) is 5.87. The third kappa shape index (κ3) is 3.34. The number of aromatic nitrogens is 2. The van der Waals surface area contributed by atoms with Gasteiger partial charge < -0.3 is 5.11 Å². The molecule has 0 amide bonds. The van der Waals surface area contributed by atoms with Crippen LogP contribution in [-0.4, -0.2) is 26.0 Å². The van der Waals surface area contributed by atoms with Crippen molar-refractivity contribution in [1.29, 1.82) is 0 Å². The number of carboxylic acids is 1. The van der Waals surface area contributed by atoms with Crippen LogP contribution in [0.1, 0.15) is 21.5 Å². The number of rotatable bonds is 4. The summed E-state index contributed by atoms with van der Waals surface area (Å²) in [5, 5.41) is 20.5. The van der Waals surface area contributed by atoms with E-state index >= 15 is 0 Å². The second kappa shape index (κ2) is 5.88. The predicted molar refractivity (Wildman–Crippen MR) is 75.7 cm³/mol. The summed E-state index contributed by atoms with van der Waals surface area (Å²) < 4.78 is 0. The molecule has 2 rings (SSSR count). The van der Waals surface area contributed by atoms with Crippen molar-refractivity contribution in [2.24, 2.45) is 0 Å². The lowest BCUT2D eigenvalue weighted by molar-refractivity contribution is -0.385. The average Bonchev–Trinajstić information content (AvgIpc) is 2.42. The summed E-state index contributed by atoms with van der Waals surface area (Å²) in [5.41, 5.74) is 0.909. The zero-order valence-electron chi connectivity index (χ0n) is 11.2. The highest BCUT2D eigenvalue weighted by molar-refractivity contribution is 7.99. The Morgan fingerprint density at radius 2 is 1.90 bits per heavy atom. The fourth-order valence-corrected chi connectivity index (χ4v) is 2.47. The Morgan fingerprint density at radius 1 is 1.29 bits per heavy atom. The molecule has 1 aromatic carbocycles. The summed E-state index contributed by atoms with van der Waals surface area (Å²) in [7, 11) is 0. The largest absolute Gasteiger partial charge is 0.478 e. The lowest BCUT2D eigenvalue weighted by Crippen LogP contribution is -2.01. The normalized spacial score (nSPS) is 10.4. The summed E-state index contributed by atoms with van der Waals surface area (Å²) in [6, 6.07) is 2.44. The second-order valence-electron chi connectivity index (χ2n) is 4.33. The van der Waals surface area contributed by atoms with Crippen LogP contribution < -0.4 is 0 Å². The number of hydrogen-bond donors (Lipinski definition) is 1. The Morgan fingerprint density at radius 3 is 2.43 bits per heavy atom. The van der Waals surface area contributed by atoms with Crippen LogP contribution >= 0.6 is 11.8 Å². The summed E-state index contributed by atoms with van der Waals surface area (Å²) in [6.07, 6.45) is 3.25. The zero-order valence-corrected chi connectivity index (χ0v) is 12.0. The Labute approximate surface area is 124 Å². The van der Waals surface area contributed by atoms with Gasteiger partial charge in [-0.15, -0.1) is 0 Å². The SMILES string of the molecule is Cc1cnc(Sc2cc(C(=O)O)cc([N+](=O)[O-])c2C)nc1. The number of carboxylic acid groups (broad SMARTS) is 1. The van der Waals surface area contributed by atoms with Gasteiger partial charge in [-0.3, -0.25) is 10.1 Å². The Kier molecular flexibility index (Phi) is 4.18. The third-order valence-electron chi connectivity index (χ3n) is 2.73. The van der Waals surface area contributed by atoms with Gasteiger partial charge in [0.2, 0.25) is 0 Å².